The number of benzene rings is 1. The first kappa shape index (κ1) is 19.9. The number of nitrogens with zero attached hydrogens (tertiary/aromatic N) is 2. The lowest BCUT2D eigenvalue weighted by atomic mass is 10.1. The molecule has 0 radical (unpaired) electrons. The van der Waals surface area contributed by atoms with Crippen LogP contribution in [0, 0.1) is 0 Å². The predicted octanol–water partition coefficient (Wildman–Crippen LogP) is 3.30. The highest BCUT2D eigenvalue weighted by Crippen LogP contribution is 2.13. The molecular formula is C21H30N4O. The zero-order valence-electron chi connectivity index (χ0n) is 16.2. The summed E-state index contributed by atoms with van der Waals surface area (Å²) in [6, 6.07) is 14.4. The maximum atomic E-state index is 5.85. The van der Waals surface area contributed by atoms with Gasteiger partial charge in [0.2, 0.25) is 0 Å². The number of hydrogen-bond acceptors (Lipinski definition) is 3. The van der Waals surface area contributed by atoms with Crippen molar-refractivity contribution in [3.8, 4) is 0 Å². The molecule has 1 aromatic heterocycles. The first-order valence-electron chi connectivity index (χ1n) is 9.02. The van der Waals surface area contributed by atoms with Crippen molar-refractivity contribution in [1.29, 1.82) is 0 Å². The predicted molar refractivity (Wildman–Crippen MR) is 107 cm³/mol. The minimum Gasteiger partial charge on any atom is -0.371 e. The molecule has 2 rings (SSSR count). The highest BCUT2D eigenvalue weighted by molar-refractivity contribution is 5.79. The standard InChI is InChI=1S/C21H30N4O/c1-21(2,3)26-16-18-9-7-8-17(14-18)15-25-20(22-4)24-13-11-19-10-5-6-12-23-19/h5-10,12,14H,11,13,15-16H2,1-4H3,(H2,22,24,25). The fourth-order valence-corrected chi connectivity index (χ4v) is 2.39. The molecule has 0 aliphatic heterocycles. The van der Waals surface area contributed by atoms with Gasteiger partial charge in [-0.25, -0.2) is 0 Å². The summed E-state index contributed by atoms with van der Waals surface area (Å²) in [4.78, 5) is 8.60. The summed E-state index contributed by atoms with van der Waals surface area (Å²) in [6.07, 6.45) is 2.68. The summed E-state index contributed by atoms with van der Waals surface area (Å²) in [5.41, 5.74) is 3.32. The van der Waals surface area contributed by atoms with Gasteiger partial charge < -0.3 is 15.4 Å². The number of hydrogen-bond donors (Lipinski definition) is 2. The van der Waals surface area contributed by atoms with Gasteiger partial charge >= 0.3 is 0 Å². The van der Waals surface area contributed by atoms with Crippen molar-refractivity contribution in [3.05, 3.63) is 65.5 Å². The van der Waals surface area contributed by atoms with Crippen LogP contribution >= 0.6 is 0 Å². The van der Waals surface area contributed by atoms with Gasteiger partial charge in [0.25, 0.3) is 0 Å². The molecule has 0 aliphatic carbocycles. The van der Waals surface area contributed by atoms with Crippen LogP contribution < -0.4 is 10.6 Å². The Morgan fingerprint density at radius 1 is 1.08 bits per heavy atom. The first-order valence-corrected chi connectivity index (χ1v) is 9.02. The summed E-state index contributed by atoms with van der Waals surface area (Å²) in [7, 11) is 1.78. The van der Waals surface area contributed by atoms with Crippen LogP contribution in [0.15, 0.2) is 53.7 Å². The van der Waals surface area contributed by atoms with Gasteiger partial charge in [-0.3, -0.25) is 9.98 Å². The van der Waals surface area contributed by atoms with Crippen LogP contribution in [0.1, 0.15) is 37.6 Å². The van der Waals surface area contributed by atoms with Crippen molar-refractivity contribution in [2.24, 2.45) is 4.99 Å². The molecule has 0 aliphatic rings. The maximum Gasteiger partial charge on any atom is 0.191 e. The monoisotopic (exact) mass is 354 g/mol. The zero-order chi connectivity index (χ0) is 18.8. The Labute approximate surface area is 156 Å². The normalized spacial score (nSPS) is 12.1. The van der Waals surface area contributed by atoms with Crippen LogP contribution in [-0.4, -0.2) is 30.1 Å². The Kier molecular flexibility index (Phi) is 7.60. The van der Waals surface area contributed by atoms with Gasteiger partial charge in [0, 0.05) is 38.4 Å². The molecule has 0 unspecified atom stereocenters. The number of aromatic nitrogens is 1. The lowest BCUT2D eigenvalue weighted by molar-refractivity contribution is -0.0149. The van der Waals surface area contributed by atoms with E-state index in [2.05, 4.69) is 65.6 Å². The molecule has 1 aromatic carbocycles. The van der Waals surface area contributed by atoms with E-state index in [-0.39, 0.29) is 5.60 Å². The van der Waals surface area contributed by atoms with Gasteiger partial charge in [0.1, 0.15) is 0 Å². The Morgan fingerprint density at radius 2 is 1.88 bits per heavy atom. The smallest absolute Gasteiger partial charge is 0.191 e. The Morgan fingerprint density at radius 3 is 2.58 bits per heavy atom. The topological polar surface area (TPSA) is 58.5 Å². The van der Waals surface area contributed by atoms with Gasteiger partial charge in [-0.2, -0.15) is 0 Å². The second-order valence-corrected chi connectivity index (χ2v) is 7.14. The van der Waals surface area contributed by atoms with Crippen LogP contribution in [0.5, 0.6) is 0 Å². The van der Waals surface area contributed by atoms with Gasteiger partial charge in [-0.05, 0) is 44.0 Å². The van der Waals surface area contributed by atoms with Crippen LogP contribution in [-0.2, 0) is 24.3 Å². The number of nitrogens with one attached hydrogen (secondary N) is 2. The second-order valence-electron chi connectivity index (χ2n) is 7.14. The lowest BCUT2D eigenvalue weighted by Gasteiger charge is -2.19. The minimum atomic E-state index is -0.131. The number of ether oxygens (including phenoxy) is 1. The molecule has 0 amide bonds. The number of guanidine groups is 1. The summed E-state index contributed by atoms with van der Waals surface area (Å²) in [5, 5.41) is 6.67. The minimum absolute atomic E-state index is 0.131. The summed E-state index contributed by atoms with van der Waals surface area (Å²) < 4.78 is 5.85. The molecule has 0 spiro atoms. The molecule has 26 heavy (non-hydrogen) atoms. The molecule has 0 fully saturated rings. The number of aliphatic imine (C=N–C) groups is 1. The van der Waals surface area contributed by atoms with Gasteiger partial charge in [-0.1, -0.05) is 30.3 Å². The van der Waals surface area contributed by atoms with E-state index in [1.807, 2.05) is 24.4 Å². The van der Waals surface area contributed by atoms with Crippen molar-refractivity contribution in [2.45, 2.75) is 45.9 Å². The van der Waals surface area contributed by atoms with Crippen LogP contribution in [0.2, 0.25) is 0 Å². The van der Waals surface area contributed by atoms with Crippen molar-refractivity contribution in [2.75, 3.05) is 13.6 Å². The molecule has 0 saturated heterocycles. The lowest BCUT2D eigenvalue weighted by Crippen LogP contribution is -2.37. The Balaban J connectivity index is 1.78. The highest BCUT2D eigenvalue weighted by Gasteiger charge is 2.10. The molecule has 0 saturated carbocycles. The van der Waals surface area contributed by atoms with Crippen LogP contribution in [0.4, 0.5) is 0 Å². The fourth-order valence-electron chi connectivity index (χ4n) is 2.39. The highest BCUT2D eigenvalue weighted by atomic mass is 16.5. The number of pyridine rings is 1. The van der Waals surface area contributed by atoms with Gasteiger partial charge in [0.15, 0.2) is 5.96 Å². The third-order valence-electron chi connectivity index (χ3n) is 3.75. The van der Waals surface area contributed by atoms with E-state index in [4.69, 9.17) is 4.74 Å². The van der Waals surface area contributed by atoms with Crippen LogP contribution in [0.3, 0.4) is 0 Å². The molecule has 5 heteroatoms. The summed E-state index contributed by atoms with van der Waals surface area (Å²) in [5.74, 6) is 0.789. The molecule has 0 bridgehead atoms. The van der Waals surface area contributed by atoms with E-state index in [0.717, 1.165) is 24.6 Å². The van der Waals surface area contributed by atoms with Crippen molar-refractivity contribution in [1.82, 2.24) is 15.6 Å². The van der Waals surface area contributed by atoms with Crippen molar-refractivity contribution in [3.63, 3.8) is 0 Å². The molecule has 5 nitrogen and oxygen atoms in total. The average molecular weight is 354 g/mol. The fraction of sp³-hybridized carbons (Fsp3) is 0.429. The SMILES string of the molecule is CN=C(NCCc1ccccn1)NCc1cccc(COC(C)(C)C)c1. The largest absolute Gasteiger partial charge is 0.371 e. The summed E-state index contributed by atoms with van der Waals surface area (Å²) >= 11 is 0. The van der Waals surface area contributed by atoms with Crippen LogP contribution in [0.25, 0.3) is 0 Å². The molecule has 2 N–H and O–H groups in total. The third-order valence-corrected chi connectivity index (χ3v) is 3.75. The molecular weight excluding hydrogens is 324 g/mol. The quantitative estimate of drug-likeness (QED) is 0.592. The molecule has 0 atom stereocenters. The van der Waals surface area contributed by atoms with Crippen molar-refractivity contribution >= 4 is 5.96 Å². The third kappa shape index (κ3) is 7.66. The summed E-state index contributed by atoms with van der Waals surface area (Å²) in [6.45, 7) is 8.33. The average Bonchev–Trinajstić information content (AvgIpc) is 2.63. The number of rotatable bonds is 7. The first-order chi connectivity index (χ1) is 12.5. The van der Waals surface area contributed by atoms with Crippen molar-refractivity contribution < 1.29 is 4.74 Å². The molecule has 140 valence electrons. The van der Waals surface area contributed by atoms with E-state index in [1.54, 1.807) is 7.05 Å². The second kappa shape index (κ2) is 9.92. The zero-order valence-corrected chi connectivity index (χ0v) is 16.2. The van der Waals surface area contributed by atoms with E-state index in [0.29, 0.717) is 13.2 Å². The van der Waals surface area contributed by atoms with E-state index >= 15 is 0 Å². The Hall–Kier alpha value is -2.40. The molecule has 2 aromatic rings. The van der Waals surface area contributed by atoms with E-state index < -0.39 is 0 Å². The van der Waals surface area contributed by atoms with E-state index in [9.17, 15) is 0 Å². The molecule has 1 heterocycles. The maximum absolute atomic E-state index is 5.85. The van der Waals surface area contributed by atoms with Gasteiger partial charge in [-0.15, -0.1) is 0 Å². The van der Waals surface area contributed by atoms with Gasteiger partial charge in [0.05, 0.1) is 12.2 Å². The Bertz CT molecular complexity index is 693. The van der Waals surface area contributed by atoms with E-state index in [1.165, 1.54) is 11.1 Å².